The minimum absolute atomic E-state index is 0.0682. The molecule has 7 heteroatoms. The number of nitrogens with one attached hydrogen (secondary N) is 1. The van der Waals surface area contributed by atoms with Gasteiger partial charge in [0, 0.05) is 13.1 Å². The number of halogens is 2. The molecule has 0 aliphatic carbocycles. The van der Waals surface area contributed by atoms with Crippen molar-refractivity contribution >= 4 is 40.6 Å². The van der Waals surface area contributed by atoms with E-state index in [2.05, 4.69) is 22.2 Å². The number of amides is 1. The third-order valence-corrected chi connectivity index (χ3v) is 4.85. The molecule has 24 heavy (non-hydrogen) atoms. The van der Waals surface area contributed by atoms with Gasteiger partial charge >= 0.3 is 0 Å². The second-order valence-electron chi connectivity index (χ2n) is 6.01. The molecule has 1 aromatic heterocycles. The molecule has 1 N–H and O–H groups in total. The predicted octanol–water partition coefficient (Wildman–Crippen LogP) is 4.40. The van der Waals surface area contributed by atoms with Gasteiger partial charge in [-0.3, -0.25) is 4.79 Å². The zero-order valence-corrected chi connectivity index (χ0v) is 14.8. The number of benzene rings is 1. The van der Waals surface area contributed by atoms with Crippen molar-refractivity contribution in [1.29, 1.82) is 0 Å². The Bertz CT molecular complexity index is 736. The average Bonchev–Trinajstić information content (AvgIpc) is 2.59. The summed E-state index contributed by atoms with van der Waals surface area (Å²) >= 11 is 12.1. The van der Waals surface area contributed by atoms with Gasteiger partial charge in [-0.1, -0.05) is 36.2 Å². The normalized spacial score (nSPS) is 17.6. The molecule has 3 rings (SSSR count). The highest BCUT2D eigenvalue weighted by atomic mass is 35.5. The van der Waals surface area contributed by atoms with Gasteiger partial charge < -0.3 is 10.2 Å². The molecule has 0 saturated carbocycles. The maximum absolute atomic E-state index is 12.5. The Labute approximate surface area is 151 Å². The monoisotopic (exact) mass is 364 g/mol. The predicted molar refractivity (Wildman–Crippen MR) is 96.1 cm³/mol. The third-order valence-electron chi connectivity index (χ3n) is 4.03. The molecule has 1 fully saturated rings. The quantitative estimate of drug-likeness (QED) is 0.876. The molecule has 5 nitrogen and oxygen atoms in total. The van der Waals surface area contributed by atoms with E-state index < -0.39 is 0 Å². The van der Waals surface area contributed by atoms with Crippen LogP contribution in [0.4, 0.5) is 11.5 Å². The van der Waals surface area contributed by atoms with Crippen molar-refractivity contribution in [3.8, 4) is 0 Å². The molecule has 0 spiro atoms. The van der Waals surface area contributed by atoms with Crippen molar-refractivity contribution in [3.05, 3.63) is 46.3 Å². The maximum Gasteiger partial charge on any atom is 0.274 e. The van der Waals surface area contributed by atoms with E-state index in [1.165, 1.54) is 18.8 Å². The largest absolute Gasteiger partial charge is 0.338 e. The van der Waals surface area contributed by atoms with Crippen LogP contribution in [-0.2, 0) is 0 Å². The number of carbonyl (C=O) groups is 1. The van der Waals surface area contributed by atoms with Crippen molar-refractivity contribution in [3.63, 3.8) is 0 Å². The summed E-state index contributed by atoms with van der Waals surface area (Å²) in [5.74, 6) is 0.964. The molecular weight excluding hydrogens is 347 g/mol. The second kappa shape index (κ2) is 7.36. The number of carbonyl (C=O) groups excluding carboxylic acids is 1. The Kier molecular flexibility index (Phi) is 5.21. The van der Waals surface area contributed by atoms with Crippen LogP contribution in [0, 0.1) is 5.92 Å². The summed E-state index contributed by atoms with van der Waals surface area (Å²) in [7, 11) is 0. The maximum atomic E-state index is 12.5. The number of anilines is 2. The molecule has 1 saturated heterocycles. The summed E-state index contributed by atoms with van der Waals surface area (Å²) in [6, 6.07) is 5.30. The lowest BCUT2D eigenvalue weighted by Crippen LogP contribution is -2.39. The molecule has 126 valence electrons. The first-order valence-corrected chi connectivity index (χ1v) is 8.62. The summed E-state index contributed by atoms with van der Waals surface area (Å²) in [6.45, 7) is 3.72. The SMILES string of the molecule is CC1CCCN(C(=O)c2cnc(Nc3cccc(Cl)c3Cl)cn2)C1. The van der Waals surface area contributed by atoms with Crippen molar-refractivity contribution in [1.82, 2.24) is 14.9 Å². The van der Waals surface area contributed by atoms with Gasteiger partial charge in [-0.2, -0.15) is 0 Å². The van der Waals surface area contributed by atoms with Gasteiger partial charge in [-0.05, 0) is 30.9 Å². The van der Waals surface area contributed by atoms with Gasteiger partial charge in [0.15, 0.2) is 0 Å². The number of nitrogens with zero attached hydrogens (tertiary/aromatic N) is 3. The average molecular weight is 365 g/mol. The summed E-state index contributed by atoms with van der Waals surface area (Å²) in [5, 5.41) is 3.93. The van der Waals surface area contributed by atoms with Gasteiger partial charge in [0.2, 0.25) is 0 Å². The lowest BCUT2D eigenvalue weighted by molar-refractivity contribution is 0.0676. The molecule has 2 heterocycles. The molecule has 0 bridgehead atoms. The van der Waals surface area contributed by atoms with Gasteiger partial charge in [-0.15, -0.1) is 0 Å². The topological polar surface area (TPSA) is 58.1 Å². The van der Waals surface area contributed by atoms with E-state index >= 15 is 0 Å². The molecule has 1 atom stereocenters. The third kappa shape index (κ3) is 3.79. The Morgan fingerprint density at radius 2 is 2.12 bits per heavy atom. The zero-order valence-electron chi connectivity index (χ0n) is 13.3. The summed E-state index contributed by atoms with van der Waals surface area (Å²) in [6.07, 6.45) is 5.21. The number of rotatable bonds is 3. The van der Waals surface area contributed by atoms with Crippen LogP contribution in [0.15, 0.2) is 30.6 Å². The first-order valence-electron chi connectivity index (χ1n) is 7.87. The van der Waals surface area contributed by atoms with Gasteiger partial charge in [0.25, 0.3) is 5.91 Å². The Morgan fingerprint density at radius 3 is 2.83 bits per heavy atom. The summed E-state index contributed by atoms with van der Waals surface area (Å²) in [5.41, 5.74) is 0.995. The fourth-order valence-corrected chi connectivity index (χ4v) is 3.12. The van der Waals surface area contributed by atoms with E-state index in [4.69, 9.17) is 23.2 Å². The summed E-state index contributed by atoms with van der Waals surface area (Å²) < 4.78 is 0. The van der Waals surface area contributed by atoms with Crippen LogP contribution >= 0.6 is 23.2 Å². The molecule has 1 amide bonds. The van der Waals surface area contributed by atoms with E-state index in [0.29, 0.717) is 33.2 Å². The standard InChI is InChI=1S/C17H18Cl2N4O/c1-11-4-3-7-23(10-11)17(24)14-8-21-15(9-20-14)22-13-6-2-5-12(18)16(13)19/h2,5-6,8-9,11H,3-4,7,10H2,1H3,(H,21,22). The fourth-order valence-electron chi connectivity index (χ4n) is 2.78. The number of piperidine rings is 1. The minimum atomic E-state index is -0.0682. The first kappa shape index (κ1) is 17.0. The first-order chi connectivity index (χ1) is 11.5. The van der Waals surface area contributed by atoms with Gasteiger partial charge in [0.05, 0.1) is 28.1 Å². The highest BCUT2D eigenvalue weighted by Crippen LogP contribution is 2.31. The molecule has 1 unspecified atom stereocenters. The summed E-state index contributed by atoms with van der Waals surface area (Å²) in [4.78, 5) is 22.8. The highest BCUT2D eigenvalue weighted by Gasteiger charge is 2.23. The van der Waals surface area contributed by atoms with E-state index in [0.717, 1.165) is 19.5 Å². The zero-order chi connectivity index (χ0) is 17.1. The molecule has 1 aliphatic rings. The number of likely N-dealkylation sites (tertiary alicyclic amines) is 1. The van der Waals surface area contributed by atoms with Crippen molar-refractivity contribution in [2.75, 3.05) is 18.4 Å². The van der Waals surface area contributed by atoms with E-state index in [1.54, 1.807) is 18.2 Å². The van der Waals surface area contributed by atoms with Crippen LogP contribution in [0.25, 0.3) is 0 Å². The Morgan fingerprint density at radius 1 is 1.29 bits per heavy atom. The molecule has 1 aliphatic heterocycles. The van der Waals surface area contributed by atoms with Crippen LogP contribution < -0.4 is 5.32 Å². The highest BCUT2D eigenvalue weighted by molar-refractivity contribution is 6.43. The van der Waals surface area contributed by atoms with Crippen molar-refractivity contribution in [2.45, 2.75) is 19.8 Å². The molecule has 1 aromatic carbocycles. The van der Waals surface area contributed by atoms with Crippen LogP contribution in [-0.4, -0.2) is 33.9 Å². The lowest BCUT2D eigenvalue weighted by Gasteiger charge is -2.30. The van der Waals surface area contributed by atoms with Crippen LogP contribution in [0.1, 0.15) is 30.3 Å². The minimum Gasteiger partial charge on any atom is -0.338 e. The molecular formula is C17H18Cl2N4O. The van der Waals surface area contributed by atoms with E-state index in [-0.39, 0.29) is 5.91 Å². The number of hydrogen-bond donors (Lipinski definition) is 1. The van der Waals surface area contributed by atoms with Crippen LogP contribution in [0.5, 0.6) is 0 Å². The fraction of sp³-hybridized carbons (Fsp3) is 0.353. The van der Waals surface area contributed by atoms with Crippen molar-refractivity contribution in [2.24, 2.45) is 5.92 Å². The van der Waals surface area contributed by atoms with Crippen LogP contribution in [0.2, 0.25) is 10.0 Å². The lowest BCUT2D eigenvalue weighted by atomic mass is 10.0. The van der Waals surface area contributed by atoms with Gasteiger partial charge in [-0.25, -0.2) is 9.97 Å². The van der Waals surface area contributed by atoms with E-state index in [9.17, 15) is 4.79 Å². The van der Waals surface area contributed by atoms with E-state index in [1.807, 2.05) is 4.90 Å². The molecule has 0 radical (unpaired) electrons. The Balaban J connectivity index is 1.71. The molecule has 2 aromatic rings. The second-order valence-corrected chi connectivity index (χ2v) is 6.80. The Hall–Kier alpha value is -1.85. The smallest absolute Gasteiger partial charge is 0.274 e. The number of hydrogen-bond acceptors (Lipinski definition) is 4. The number of aromatic nitrogens is 2. The van der Waals surface area contributed by atoms with Crippen LogP contribution in [0.3, 0.4) is 0 Å². The van der Waals surface area contributed by atoms with Gasteiger partial charge in [0.1, 0.15) is 11.5 Å². The van der Waals surface area contributed by atoms with Crippen molar-refractivity contribution < 1.29 is 4.79 Å².